The molecule has 0 unspecified atom stereocenters. The molecule has 0 atom stereocenters. The first kappa shape index (κ1) is 13.3. The predicted molar refractivity (Wildman–Crippen MR) is 76.7 cm³/mol. The van der Waals surface area contributed by atoms with Gasteiger partial charge in [0.25, 0.3) is 0 Å². The lowest BCUT2D eigenvalue weighted by atomic mass is 10.1. The maximum atomic E-state index is 11.2. The van der Waals surface area contributed by atoms with E-state index in [0.717, 1.165) is 24.2 Å². The van der Waals surface area contributed by atoms with Gasteiger partial charge in [0.1, 0.15) is 5.75 Å². The first-order chi connectivity index (χ1) is 9.25. The van der Waals surface area contributed by atoms with Crippen molar-refractivity contribution in [3.8, 4) is 5.75 Å². The molecule has 19 heavy (non-hydrogen) atoms. The molecule has 0 saturated carbocycles. The van der Waals surface area contributed by atoms with Crippen LogP contribution < -0.4 is 4.74 Å². The Labute approximate surface area is 114 Å². The van der Waals surface area contributed by atoms with Gasteiger partial charge in [-0.1, -0.05) is 42.5 Å². The van der Waals surface area contributed by atoms with Crippen molar-refractivity contribution in [2.24, 2.45) is 0 Å². The third kappa shape index (κ3) is 4.25. The number of para-hydroxylation sites is 1. The van der Waals surface area contributed by atoms with Gasteiger partial charge in [-0.05, 0) is 37.5 Å². The average molecular weight is 254 g/mol. The van der Waals surface area contributed by atoms with Crippen LogP contribution in [0.2, 0.25) is 0 Å². The van der Waals surface area contributed by atoms with Crippen LogP contribution in [0.3, 0.4) is 0 Å². The molecular weight excluding hydrogens is 236 g/mol. The first-order valence-corrected chi connectivity index (χ1v) is 6.53. The minimum atomic E-state index is 0.110. The molecule has 0 fully saturated rings. The first-order valence-electron chi connectivity index (χ1n) is 6.53. The summed E-state index contributed by atoms with van der Waals surface area (Å²) < 4.78 is 5.64. The predicted octanol–water partition coefficient (Wildman–Crippen LogP) is 3.90. The molecule has 0 radical (unpaired) electrons. The smallest absolute Gasteiger partial charge is 0.159 e. The van der Waals surface area contributed by atoms with Gasteiger partial charge in [-0.15, -0.1) is 0 Å². The SMILES string of the molecule is CC(=O)c1ccc(CCCOc2ccccc2)cc1. The zero-order valence-corrected chi connectivity index (χ0v) is 11.1. The Kier molecular flexibility index (Phi) is 4.73. The Bertz CT molecular complexity index is 515. The zero-order chi connectivity index (χ0) is 13.5. The normalized spacial score (nSPS) is 10.2. The lowest BCUT2D eigenvalue weighted by molar-refractivity contribution is 0.101. The van der Waals surface area contributed by atoms with E-state index >= 15 is 0 Å². The molecule has 0 N–H and O–H groups in total. The minimum Gasteiger partial charge on any atom is -0.494 e. The van der Waals surface area contributed by atoms with Crippen molar-refractivity contribution in [1.29, 1.82) is 0 Å². The highest BCUT2D eigenvalue weighted by atomic mass is 16.5. The fraction of sp³-hybridized carbons (Fsp3) is 0.235. The van der Waals surface area contributed by atoms with Gasteiger partial charge >= 0.3 is 0 Å². The summed E-state index contributed by atoms with van der Waals surface area (Å²) in [4.78, 5) is 11.2. The van der Waals surface area contributed by atoms with E-state index in [-0.39, 0.29) is 5.78 Å². The van der Waals surface area contributed by atoms with Crippen LogP contribution in [0.5, 0.6) is 5.75 Å². The maximum absolute atomic E-state index is 11.2. The third-order valence-corrected chi connectivity index (χ3v) is 2.98. The summed E-state index contributed by atoms with van der Waals surface area (Å²) in [5.41, 5.74) is 2.01. The van der Waals surface area contributed by atoms with Crippen molar-refractivity contribution in [2.45, 2.75) is 19.8 Å². The molecule has 2 aromatic carbocycles. The van der Waals surface area contributed by atoms with Gasteiger partial charge in [-0.3, -0.25) is 4.79 Å². The molecule has 0 saturated heterocycles. The number of hydrogen-bond donors (Lipinski definition) is 0. The van der Waals surface area contributed by atoms with Gasteiger partial charge in [-0.25, -0.2) is 0 Å². The summed E-state index contributed by atoms with van der Waals surface area (Å²) in [6, 6.07) is 17.6. The molecule has 0 aliphatic rings. The van der Waals surface area contributed by atoms with E-state index in [0.29, 0.717) is 6.61 Å². The van der Waals surface area contributed by atoms with Crippen molar-refractivity contribution in [3.05, 3.63) is 65.7 Å². The lowest BCUT2D eigenvalue weighted by Gasteiger charge is -2.06. The Hall–Kier alpha value is -2.09. The van der Waals surface area contributed by atoms with E-state index in [2.05, 4.69) is 0 Å². The fourth-order valence-electron chi connectivity index (χ4n) is 1.89. The van der Waals surface area contributed by atoms with Crippen molar-refractivity contribution in [1.82, 2.24) is 0 Å². The van der Waals surface area contributed by atoms with Gasteiger partial charge in [0, 0.05) is 5.56 Å². The molecule has 2 rings (SSSR count). The van der Waals surface area contributed by atoms with Gasteiger partial charge in [-0.2, -0.15) is 0 Å². The second-order valence-corrected chi connectivity index (χ2v) is 4.52. The molecule has 2 aromatic rings. The Morgan fingerprint density at radius 3 is 2.32 bits per heavy atom. The van der Waals surface area contributed by atoms with Gasteiger partial charge < -0.3 is 4.74 Å². The van der Waals surface area contributed by atoms with E-state index < -0.39 is 0 Å². The number of ether oxygens (including phenoxy) is 1. The standard InChI is InChI=1S/C17H18O2/c1-14(18)16-11-9-15(10-12-16)6-5-13-19-17-7-3-2-4-8-17/h2-4,7-12H,5-6,13H2,1H3. The molecule has 0 bridgehead atoms. The molecule has 2 nitrogen and oxygen atoms in total. The van der Waals surface area contributed by atoms with Crippen LogP contribution in [0.15, 0.2) is 54.6 Å². The molecule has 2 heteroatoms. The summed E-state index contributed by atoms with van der Waals surface area (Å²) in [5.74, 6) is 1.02. The Morgan fingerprint density at radius 1 is 1.00 bits per heavy atom. The van der Waals surface area contributed by atoms with Crippen molar-refractivity contribution in [2.75, 3.05) is 6.61 Å². The van der Waals surface area contributed by atoms with Gasteiger partial charge in [0.2, 0.25) is 0 Å². The molecule has 0 amide bonds. The Morgan fingerprint density at radius 2 is 1.68 bits per heavy atom. The van der Waals surface area contributed by atoms with E-state index in [1.807, 2.05) is 54.6 Å². The third-order valence-electron chi connectivity index (χ3n) is 2.98. The molecule has 0 aliphatic carbocycles. The number of aryl methyl sites for hydroxylation is 1. The topological polar surface area (TPSA) is 26.3 Å². The molecule has 0 spiro atoms. The number of hydrogen-bond acceptors (Lipinski definition) is 2. The van der Waals surface area contributed by atoms with Gasteiger partial charge in [0.05, 0.1) is 6.61 Å². The number of carbonyl (C=O) groups excluding carboxylic acids is 1. The summed E-state index contributed by atoms with van der Waals surface area (Å²) in [5, 5.41) is 0. The maximum Gasteiger partial charge on any atom is 0.159 e. The van der Waals surface area contributed by atoms with Crippen LogP contribution in [0, 0.1) is 0 Å². The van der Waals surface area contributed by atoms with E-state index in [1.54, 1.807) is 6.92 Å². The largest absolute Gasteiger partial charge is 0.494 e. The highest BCUT2D eigenvalue weighted by molar-refractivity contribution is 5.93. The highest BCUT2D eigenvalue weighted by Crippen LogP contribution is 2.10. The van der Waals surface area contributed by atoms with Crippen molar-refractivity contribution in [3.63, 3.8) is 0 Å². The number of benzene rings is 2. The highest BCUT2D eigenvalue weighted by Gasteiger charge is 1.99. The zero-order valence-electron chi connectivity index (χ0n) is 11.1. The summed E-state index contributed by atoms with van der Waals surface area (Å²) >= 11 is 0. The van der Waals surface area contributed by atoms with E-state index in [9.17, 15) is 4.79 Å². The molecule has 0 aromatic heterocycles. The molecular formula is C17H18O2. The van der Waals surface area contributed by atoms with E-state index in [1.165, 1.54) is 5.56 Å². The number of Topliss-reactive ketones (excluding diaryl/α,β-unsaturated/α-hetero) is 1. The summed E-state index contributed by atoms with van der Waals surface area (Å²) in [6.07, 6.45) is 1.93. The monoisotopic (exact) mass is 254 g/mol. The van der Waals surface area contributed by atoms with Crippen LogP contribution in [0.25, 0.3) is 0 Å². The number of carbonyl (C=O) groups is 1. The average Bonchev–Trinajstić information content (AvgIpc) is 2.45. The van der Waals surface area contributed by atoms with Crippen LogP contribution in [-0.2, 0) is 6.42 Å². The van der Waals surface area contributed by atoms with Gasteiger partial charge in [0.15, 0.2) is 5.78 Å². The second-order valence-electron chi connectivity index (χ2n) is 4.52. The lowest BCUT2D eigenvalue weighted by Crippen LogP contribution is -1.99. The molecule has 0 aliphatic heterocycles. The Balaban J connectivity index is 1.75. The van der Waals surface area contributed by atoms with Crippen LogP contribution in [0.1, 0.15) is 29.3 Å². The van der Waals surface area contributed by atoms with E-state index in [4.69, 9.17) is 4.74 Å². The fourth-order valence-corrected chi connectivity index (χ4v) is 1.89. The quantitative estimate of drug-likeness (QED) is 0.577. The van der Waals surface area contributed by atoms with Crippen molar-refractivity contribution < 1.29 is 9.53 Å². The van der Waals surface area contributed by atoms with Crippen LogP contribution in [0.4, 0.5) is 0 Å². The number of ketones is 1. The number of rotatable bonds is 6. The van der Waals surface area contributed by atoms with Crippen molar-refractivity contribution >= 4 is 5.78 Å². The molecule has 0 heterocycles. The summed E-state index contributed by atoms with van der Waals surface area (Å²) in [6.45, 7) is 2.29. The van der Waals surface area contributed by atoms with Crippen LogP contribution >= 0.6 is 0 Å². The second kappa shape index (κ2) is 6.74. The molecule has 98 valence electrons. The summed E-state index contributed by atoms with van der Waals surface area (Å²) in [7, 11) is 0. The minimum absolute atomic E-state index is 0.110. The van der Waals surface area contributed by atoms with Crippen LogP contribution in [-0.4, -0.2) is 12.4 Å².